The molecular formula is C16H20ClN3O. The molecule has 21 heavy (non-hydrogen) atoms. The molecule has 5 heteroatoms. The quantitative estimate of drug-likeness (QED) is 0.862. The van der Waals surface area contributed by atoms with Gasteiger partial charge in [-0.1, -0.05) is 13.0 Å². The monoisotopic (exact) mass is 305 g/mol. The van der Waals surface area contributed by atoms with Gasteiger partial charge >= 0.3 is 0 Å². The molecule has 2 aromatic rings. The van der Waals surface area contributed by atoms with Crippen molar-refractivity contribution in [1.29, 1.82) is 0 Å². The van der Waals surface area contributed by atoms with E-state index < -0.39 is 5.38 Å². The standard InChI is InChI=1S/C16H20ClN3O/c1-3-15-19-13-8-11(9-18-16(21)10(2)17)4-7-14(13)20(15)12-5-6-12/h4,7-8,10,12H,3,5-6,9H2,1-2H3,(H,18,21). The van der Waals surface area contributed by atoms with E-state index in [1.807, 2.05) is 0 Å². The molecule has 1 amide bonds. The number of nitrogens with one attached hydrogen (secondary N) is 1. The lowest BCUT2D eigenvalue weighted by Gasteiger charge is -2.08. The van der Waals surface area contributed by atoms with Gasteiger partial charge in [-0.3, -0.25) is 4.79 Å². The Labute approximate surface area is 129 Å². The van der Waals surface area contributed by atoms with Gasteiger partial charge in [0.25, 0.3) is 0 Å². The molecule has 0 bridgehead atoms. The van der Waals surface area contributed by atoms with E-state index in [0.29, 0.717) is 12.6 Å². The Balaban J connectivity index is 1.85. The van der Waals surface area contributed by atoms with Gasteiger partial charge < -0.3 is 9.88 Å². The van der Waals surface area contributed by atoms with E-state index in [-0.39, 0.29) is 5.91 Å². The number of nitrogens with zero attached hydrogens (tertiary/aromatic N) is 2. The van der Waals surface area contributed by atoms with Crippen molar-refractivity contribution in [3.63, 3.8) is 0 Å². The van der Waals surface area contributed by atoms with Crippen LogP contribution in [0.15, 0.2) is 18.2 Å². The summed E-state index contributed by atoms with van der Waals surface area (Å²) < 4.78 is 2.37. The van der Waals surface area contributed by atoms with Crippen molar-refractivity contribution in [2.24, 2.45) is 0 Å². The number of hydrogen-bond donors (Lipinski definition) is 1. The number of halogens is 1. The summed E-state index contributed by atoms with van der Waals surface area (Å²) in [5, 5.41) is 2.32. The number of hydrogen-bond acceptors (Lipinski definition) is 2. The number of fused-ring (bicyclic) bond motifs is 1. The zero-order valence-corrected chi connectivity index (χ0v) is 13.2. The minimum Gasteiger partial charge on any atom is -0.351 e. The molecule has 0 saturated heterocycles. The van der Waals surface area contributed by atoms with Crippen LogP contribution in [0.4, 0.5) is 0 Å². The molecule has 4 nitrogen and oxygen atoms in total. The largest absolute Gasteiger partial charge is 0.351 e. The topological polar surface area (TPSA) is 46.9 Å². The molecule has 1 atom stereocenters. The SMILES string of the molecule is CCc1nc2cc(CNC(=O)C(C)Cl)ccc2n1C1CC1. The molecule has 0 aliphatic heterocycles. The first kappa shape index (κ1) is 14.4. The molecule has 1 aromatic carbocycles. The van der Waals surface area contributed by atoms with Gasteiger partial charge in [0.1, 0.15) is 11.2 Å². The zero-order chi connectivity index (χ0) is 15.0. The molecule has 0 spiro atoms. The molecule has 0 radical (unpaired) electrons. The van der Waals surface area contributed by atoms with Gasteiger partial charge in [0.15, 0.2) is 0 Å². The van der Waals surface area contributed by atoms with Crippen LogP contribution in [0.5, 0.6) is 0 Å². The first-order valence-corrected chi connectivity index (χ1v) is 7.95. The van der Waals surface area contributed by atoms with Gasteiger partial charge in [-0.2, -0.15) is 0 Å². The Kier molecular flexibility index (Phi) is 3.89. The Morgan fingerprint density at radius 2 is 2.29 bits per heavy atom. The maximum atomic E-state index is 11.5. The zero-order valence-electron chi connectivity index (χ0n) is 12.4. The van der Waals surface area contributed by atoms with Crippen molar-refractivity contribution in [2.75, 3.05) is 0 Å². The molecule has 1 aromatic heterocycles. The number of rotatable bonds is 5. The van der Waals surface area contributed by atoms with Gasteiger partial charge in [0.05, 0.1) is 11.0 Å². The van der Waals surface area contributed by atoms with Gasteiger partial charge in [-0.25, -0.2) is 4.98 Å². The van der Waals surface area contributed by atoms with Crippen molar-refractivity contribution < 1.29 is 4.79 Å². The van der Waals surface area contributed by atoms with E-state index in [1.165, 1.54) is 18.4 Å². The molecule has 3 rings (SSSR count). The van der Waals surface area contributed by atoms with Crippen LogP contribution < -0.4 is 5.32 Å². The molecule has 112 valence electrons. The summed E-state index contributed by atoms with van der Waals surface area (Å²) in [4.78, 5) is 16.3. The number of benzene rings is 1. The predicted octanol–water partition coefficient (Wildman–Crippen LogP) is 3.18. The van der Waals surface area contributed by atoms with E-state index in [1.54, 1.807) is 6.92 Å². The average Bonchev–Trinajstić information content (AvgIpc) is 3.24. The van der Waals surface area contributed by atoms with Gasteiger partial charge in [-0.05, 0) is 37.5 Å². The fourth-order valence-corrected chi connectivity index (χ4v) is 2.70. The summed E-state index contributed by atoms with van der Waals surface area (Å²) in [6, 6.07) is 6.87. The highest BCUT2D eigenvalue weighted by molar-refractivity contribution is 6.30. The van der Waals surface area contributed by atoms with Crippen LogP contribution in [0, 0.1) is 0 Å². The van der Waals surface area contributed by atoms with Crippen LogP contribution in [0.1, 0.15) is 44.1 Å². The lowest BCUT2D eigenvalue weighted by atomic mass is 10.2. The normalized spacial score (nSPS) is 16.1. The summed E-state index contributed by atoms with van der Waals surface area (Å²) in [5.74, 6) is 1.01. The summed E-state index contributed by atoms with van der Waals surface area (Å²) >= 11 is 5.75. The highest BCUT2D eigenvalue weighted by atomic mass is 35.5. The molecule has 1 saturated carbocycles. The Hall–Kier alpha value is -1.55. The Bertz CT molecular complexity index is 673. The maximum Gasteiger partial charge on any atom is 0.238 e. The number of aryl methyl sites for hydroxylation is 1. The fourth-order valence-electron chi connectivity index (χ4n) is 2.62. The number of alkyl halides is 1. The van der Waals surface area contributed by atoms with E-state index in [9.17, 15) is 4.79 Å². The highest BCUT2D eigenvalue weighted by Gasteiger charge is 2.27. The van der Waals surface area contributed by atoms with Crippen molar-refractivity contribution in [3.05, 3.63) is 29.6 Å². The van der Waals surface area contributed by atoms with Crippen LogP contribution in [0.25, 0.3) is 11.0 Å². The first-order valence-electron chi connectivity index (χ1n) is 7.51. The average molecular weight is 306 g/mol. The van der Waals surface area contributed by atoms with Crippen molar-refractivity contribution >= 4 is 28.5 Å². The number of aromatic nitrogens is 2. The first-order chi connectivity index (χ1) is 10.1. The second-order valence-electron chi connectivity index (χ2n) is 5.64. The number of imidazole rings is 1. The van der Waals surface area contributed by atoms with Crippen LogP contribution >= 0.6 is 11.6 Å². The van der Waals surface area contributed by atoms with Gasteiger partial charge in [0.2, 0.25) is 5.91 Å². The smallest absolute Gasteiger partial charge is 0.238 e. The summed E-state index contributed by atoms with van der Waals surface area (Å²) in [7, 11) is 0. The minimum absolute atomic E-state index is 0.144. The summed E-state index contributed by atoms with van der Waals surface area (Å²) in [6.07, 6.45) is 3.45. The van der Waals surface area contributed by atoms with E-state index in [4.69, 9.17) is 16.6 Å². The molecule has 1 heterocycles. The second kappa shape index (κ2) is 5.68. The molecular weight excluding hydrogens is 286 g/mol. The van der Waals surface area contributed by atoms with Crippen molar-refractivity contribution in [2.45, 2.75) is 51.1 Å². The van der Waals surface area contributed by atoms with Crippen LogP contribution in [0.2, 0.25) is 0 Å². The number of carbonyl (C=O) groups excluding carboxylic acids is 1. The lowest BCUT2D eigenvalue weighted by molar-refractivity contribution is -0.120. The van der Waals surface area contributed by atoms with E-state index in [2.05, 4.69) is 35.0 Å². The Morgan fingerprint density at radius 1 is 1.52 bits per heavy atom. The summed E-state index contributed by atoms with van der Waals surface area (Å²) in [6.45, 7) is 4.30. The predicted molar refractivity (Wildman–Crippen MR) is 84.5 cm³/mol. The fraction of sp³-hybridized carbons (Fsp3) is 0.500. The minimum atomic E-state index is -0.505. The van der Waals surface area contributed by atoms with E-state index >= 15 is 0 Å². The van der Waals surface area contributed by atoms with Crippen molar-refractivity contribution in [1.82, 2.24) is 14.9 Å². The van der Waals surface area contributed by atoms with Gasteiger partial charge in [-0.15, -0.1) is 11.6 Å². The number of carbonyl (C=O) groups is 1. The second-order valence-corrected chi connectivity index (χ2v) is 6.29. The number of amides is 1. The third-order valence-corrected chi connectivity index (χ3v) is 4.08. The maximum absolute atomic E-state index is 11.5. The summed E-state index contributed by atoms with van der Waals surface area (Å²) in [5.41, 5.74) is 3.27. The molecule has 1 N–H and O–H groups in total. The molecule has 1 unspecified atom stereocenters. The van der Waals surface area contributed by atoms with Crippen LogP contribution in [-0.2, 0) is 17.8 Å². The van der Waals surface area contributed by atoms with Gasteiger partial charge in [0, 0.05) is 19.0 Å². The molecule has 1 aliphatic carbocycles. The Morgan fingerprint density at radius 3 is 2.90 bits per heavy atom. The third kappa shape index (κ3) is 2.91. The highest BCUT2D eigenvalue weighted by Crippen LogP contribution is 2.38. The van der Waals surface area contributed by atoms with Crippen LogP contribution in [-0.4, -0.2) is 20.8 Å². The lowest BCUT2D eigenvalue weighted by Crippen LogP contribution is -2.28. The van der Waals surface area contributed by atoms with Crippen molar-refractivity contribution in [3.8, 4) is 0 Å². The molecule has 1 aliphatic rings. The van der Waals surface area contributed by atoms with E-state index in [0.717, 1.165) is 23.3 Å². The third-order valence-electron chi connectivity index (χ3n) is 3.88. The van der Waals surface area contributed by atoms with Crippen LogP contribution in [0.3, 0.4) is 0 Å². The molecule has 1 fully saturated rings.